The molecule has 0 unspecified atom stereocenters. The van der Waals surface area contributed by atoms with Gasteiger partial charge in [-0.25, -0.2) is 9.97 Å². The van der Waals surface area contributed by atoms with E-state index in [1.54, 1.807) is 0 Å². The highest BCUT2D eigenvalue weighted by Gasteiger charge is 2.04. The quantitative estimate of drug-likeness (QED) is 0.808. The molecule has 96 valence electrons. The topological polar surface area (TPSA) is 37.8 Å². The van der Waals surface area contributed by atoms with E-state index in [1.807, 2.05) is 24.9 Å². The maximum Gasteiger partial charge on any atom is 0.140 e. The fourth-order valence-corrected chi connectivity index (χ4v) is 2.42. The zero-order valence-corrected chi connectivity index (χ0v) is 12.1. The largest absolute Gasteiger partial charge is 0.373 e. The van der Waals surface area contributed by atoms with Crippen LogP contribution in [0.4, 0.5) is 5.82 Å². The van der Waals surface area contributed by atoms with Gasteiger partial charge in [0.15, 0.2) is 0 Å². The lowest BCUT2D eigenvalue weighted by atomic mass is 10.2. The van der Waals surface area contributed by atoms with Crippen molar-refractivity contribution >= 4 is 17.6 Å². The summed E-state index contributed by atoms with van der Waals surface area (Å²) in [6.45, 7) is 6.65. The minimum absolute atomic E-state index is 0.725. The van der Waals surface area contributed by atoms with Gasteiger partial charge in [-0.1, -0.05) is 27.2 Å². The minimum Gasteiger partial charge on any atom is -0.373 e. The molecule has 4 heteroatoms. The van der Waals surface area contributed by atoms with Crippen LogP contribution in [0.2, 0.25) is 0 Å². The third-order valence-electron chi connectivity index (χ3n) is 2.27. The number of thioether (sulfide) groups is 1. The summed E-state index contributed by atoms with van der Waals surface area (Å²) >= 11 is 1.91. The summed E-state index contributed by atoms with van der Waals surface area (Å²) in [6.07, 6.45) is 2.15. The molecule has 1 heterocycles. The summed E-state index contributed by atoms with van der Waals surface area (Å²) in [5, 5.41) is 3.10. The second-order valence-electron chi connectivity index (χ2n) is 4.57. The number of rotatable bonds is 7. The molecule has 0 saturated heterocycles. The maximum atomic E-state index is 4.60. The average Bonchev–Trinajstić information content (AvgIpc) is 2.28. The first-order valence-electron chi connectivity index (χ1n) is 6.28. The van der Waals surface area contributed by atoms with E-state index in [9.17, 15) is 0 Å². The summed E-state index contributed by atoms with van der Waals surface area (Å²) < 4.78 is 0. The number of anilines is 1. The third kappa shape index (κ3) is 5.39. The summed E-state index contributed by atoms with van der Waals surface area (Å²) in [4.78, 5) is 9.08. The van der Waals surface area contributed by atoms with Crippen molar-refractivity contribution in [2.45, 2.75) is 39.4 Å². The first-order chi connectivity index (χ1) is 8.15. The van der Waals surface area contributed by atoms with Gasteiger partial charge in [0.2, 0.25) is 0 Å². The Hall–Kier alpha value is -0.770. The molecule has 0 radical (unpaired) electrons. The molecule has 1 N–H and O–H groups in total. The summed E-state index contributed by atoms with van der Waals surface area (Å²) in [6, 6.07) is 2.04. The number of nitrogens with zero attached hydrogens (tertiary/aromatic N) is 2. The lowest BCUT2D eigenvalue weighted by Gasteiger charge is -2.08. The van der Waals surface area contributed by atoms with Crippen LogP contribution in [-0.2, 0) is 12.2 Å². The Morgan fingerprint density at radius 1 is 1.35 bits per heavy atom. The molecule has 0 aliphatic rings. The van der Waals surface area contributed by atoms with Gasteiger partial charge in [-0.2, -0.15) is 11.8 Å². The summed E-state index contributed by atoms with van der Waals surface area (Å²) in [5.74, 6) is 4.68. The highest BCUT2D eigenvalue weighted by atomic mass is 32.2. The minimum atomic E-state index is 0.725. The molecule has 0 saturated carbocycles. The summed E-state index contributed by atoms with van der Waals surface area (Å²) in [5.41, 5.74) is 1.15. The Bertz CT molecular complexity index is 339. The van der Waals surface area contributed by atoms with Gasteiger partial charge in [0, 0.05) is 18.8 Å². The van der Waals surface area contributed by atoms with Crippen molar-refractivity contribution in [2.24, 2.45) is 5.92 Å². The van der Waals surface area contributed by atoms with E-state index in [0.717, 1.165) is 47.6 Å². The van der Waals surface area contributed by atoms with E-state index >= 15 is 0 Å². The summed E-state index contributed by atoms with van der Waals surface area (Å²) in [7, 11) is 1.91. The molecule has 0 aromatic carbocycles. The van der Waals surface area contributed by atoms with Gasteiger partial charge < -0.3 is 5.32 Å². The Balaban J connectivity index is 2.66. The molecule has 0 aliphatic heterocycles. The van der Waals surface area contributed by atoms with Gasteiger partial charge in [-0.3, -0.25) is 0 Å². The van der Waals surface area contributed by atoms with Gasteiger partial charge in [0.25, 0.3) is 0 Å². The molecule has 1 aromatic rings. The lowest BCUT2D eigenvalue weighted by molar-refractivity contribution is 0.749. The Labute approximate surface area is 109 Å². The number of aryl methyl sites for hydroxylation is 1. The van der Waals surface area contributed by atoms with Crippen LogP contribution in [0.25, 0.3) is 0 Å². The molecule has 1 aromatic heterocycles. The van der Waals surface area contributed by atoms with Crippen molar-refractivity contribution in [3.63, 3.8) is 0 Å². The molecule has 17 heavy (non-hydrogen) atoms. The third-order valence-corrected chi connectivity index (χ3v) is 3.63. The molecule has 0 aliphatic carbocycles. The molecule has 0 atom stereocenters. The molecule has 0 spiro atoms. The van der Waals surface area contributed by atoms with Crippen molar-refractivity contribution in [3.8, 4) is 0 Å². The normalized spacial score (nSPS) is 10.9. The SMILES string of the molecule is CCCc1cc(NC)nc(CSCC(C)C)n1. The number of hydrogen-bond acceptors (Lipinski definition) is 4. The van der Waals surface area contributed by atoms with Crippen LogP contribution in [0.5, 0.6) is 0 Å². The predicted octanol–water partition coefficient (Wildman–Crippen LogP) is 3.36. The molecule has 0 amide bonds. The van der Waals surface area contributed by atoms with Crippen LogP contribution in [0, 0.1) is 5.92 Å². The van der Waals surface area contributed by atoms with Crippen LogP contribution in [0.1, 0.15) is 38.7 Å². The van der Waals surface area contributed by atoms with Crippen LogP contribution in [0.15, 0.2) is 6.07 Å². The fraction of sp³-hybridized carbons (Fsp3) is 0.692. The molecule has 3 nitrogen and oxygen atoms in total. The standard InChI is InChI=1S/C13H23N3S/c1-5-6-11-7-12(14-4)16-13(15-11)9-17-8-10(2)3/h7,10H,5-6,8-9H2,1-4H3,(H,14,15,16). The average molecular weight is 253 g/mol. The molecular formula is C13H23N3S. The molecular weight excluding hydrogens is 230 g/mol. The van der Waals surface area contributed by atoms with Crippen molar-refractivity contribution < 1.29 is 0 Å². The van der Waals surface area contributed by atoms with Crippen molar-refractivity contribution in [3.05, 3.63) is 17.6 Å². The molecule has 0 fully saturated rings. The number of aromatic nitrogens is 2. The first-order valence-corrected chi connectivity index (χ1v) is 7.43. The zero-order valence-electron chi connectivity index (χ0n) is 11.3. The van der Waals surface area contributed by atoms with Crippen molar-refractivity contribution in [1.82, 2.24) is 9.97 Å². The monoisotopic (exact) mass is 253 g/mol. The van der Waals surface area contributed by atoms with E-state index in [1.165, 1.54) is 0 Å². The maximum absolute atomic E-state index is 4.60. The van der Waals surface area contributed by atoms with Gasteiger partial charge in [-0.05, 0) is 18.1 Å². The van der Waals surface area contributed by atoms with Gasteiger partial charge in [0.05, 0.1) is 5.75 Å². The molecule has 0 bridgehead atoms. The van der Waals surface area contributed by atoms with Gasteiger partial charge >= 0.3 is 0 Å². The van der Waals surface area contributed by atoms with Gasteiger partial charge in [0.1, 0.15) is 11.6 Å². The highest BCUT2D eigenvalue weighted by Crippen LogP contribution is 2.15. The first kappa shape index (κ1) is 14.3. The van der Waals surface area contributed by atoms with E-state index in [-0.39, 0.29) is 0 Å². The fourth-order valence-electron chi connectivity index (χ4n) is 1.51. The van der Waals surface area contributed by atoms with E-state index in [2.05, 4.69) is 36.1 Å². The van der Waals surface area contributed by atoms with Crippen LogP contribution in [-0.4, -0.2) is 22.8 Å². The van der Waals surface area contributed by atoms with E-state index < -0.39 is 0 Å². The Morgan fingerprint density at radius 2 is 2.12 bits per heavy atom. The Kier molecular flexibility index (Phi) is 6.34. The predicted molar refractivity (Wildman–Crippen MR) is 76.6 cm³/mol. The van der Waals surface area contributed by atoms with Gasteiger partial charge in [-0.15, -0.1) is 0 Å². The van der Waals surface area contributed by atoms with Crippen molar-refractivity contribution in [1.29, 1.82) is 0 Å². The van der Waals surface area contributed by atoms with Crippen LogP contribution in [0.3, 0.4) is 0 Å². The van der Waals surface area contributed by atoms with Crippen LogP contribution < -0.4 is 5.32 Å². The second-order valence-corrected chi connectivity index (χ2v) is 5.60. The van der Waals surface area contributed by atoms with E-state index in [0.29, 0.717) is 0 Å². The number of nitrogens with one attached hydrogen (secondary N) is 1. The lowest BCUT2D eigenvalue weighted by Crippen LogP contribution is -2.03. The zero-order chi connectivity index (χ0) is 12.7. The van der Waals surface area contributed by atoms with Crippen LogP contribution >= 0.6 is 11.8 Å². The highest BCUT2D eigenvalue weighted by molar-refractivity contribution is 7.98. The Morgan fingerprint density at radius 3 is 2.71 bits per heavy atom. The smallest absolute Gasteiger partial charge is 0.140 e. The number of hydrogen-bond donors (Lipinski definition) is 1. The van der Waals surface area contributed by atoms with E-state index in [4.69, 9.17) is 0 Å². The second kappa shape index (κ2) is 7.54. The van der Waals surface area contributed by atoms with Crippen molar-refractivity contribution in [2.75, 3.05) is 18.1 Å². The molecule has 1 rings (SSSR count).